The predicted molar refractivity (Wildman–Crippen MR) is 340 cm³/mol. The first kappa shape index (κ1) is 83.1. The largest absolute Gasteiger partial charge is 0.472 e. The van der Waals surface area contributed by atoms with Crippen molar-refractivity contribution in [3.63, 3.8) is 0 Å². The summed E-state index contributed by atoms with van der Waals surface area (Å²) < 4.78 is 68.1. The third-order valence-electron chi connectivity index (χ3n) is 16.2. The molecule has 0 fully saturated rings. The van der Waals surface area contributed by atoms with Gasteiger partial charge >= 0.3 is 39.5 Å². The first-order valence-electron chi connectivity index (χ1n) is 34.3. The number of hydrogen-bond acceptors (Lipinski definition) is 15. The van der Waals surface area contributed by atoms with Crippen LogP contribution in [0.4, 0.5) is 0 Å². The molecule has 0 bridgehead atoms. The normalized spacial score (nSPS) is 15.3. The van der Waals surface area contributed by atoms with Crippen LogP contribution in [-0.4, -0.2) is 96.7 Å². The second kappa shape index (κ2) is 56.1. The smallest absolute Gasteiger partial charge is 0.462 e. The molecule has 0 aromatic carbocycles. The van der Waals surface area contributed by atoms with E-state index in [0.717, 1.165) is 114 Å². The van der Waals surface area contributed by atoms with Crippen LogP contribution < -0.4 is 0 Å². The van der Waals surface area contributed by atoms with Gasteiger partial charge in [-0.2, -0.15) is 0 Å². The number of aliphatic hydroxyl groups is 1. The molecule has 0 aromatic heterocycles. The average Bonchev–Trinajstić information content (AvgIpc) is 3.55. The standard InChI is InChI=1S/C66H128O17P2/c1-9-57(6)43-35-27-19-13-16-22-31-39-47-64(69)77-53-62(83-66(71)49-41-33-25-24-29-37-45-59(8)11-3)55-81-85(74,75)79-51-60(67)50-78-84(72,73)80-54-61(52-76-63(68)46-38-30-21-15-12-18-26-34-42-56(4)5)82-65(70)48-40-32-23-17-14-20-28-36-44-58(7)10-2/h56-62,67H,9-55H2,1-8H3,(H,72,73)(H,74,75)/t57?,58?,59?,60?,61-,62-/m1/s1. The molecule has 0 amide bonds. The summed E-state index contributed by atoms with van der Waals surface area (Å²) in [5.74, 6) is 0.854. The molecular formula is C66H128O17P2. The van der Waals surface area contributed by atoms with Crippen LogP contribution >= 0.6 is 15.6 Å². The monoisotopic (exact) mass is 1250 g/mol. The Kier molecular flexibility index (Phi) is 54.8. The Morgan fingerprint density at radius 3 is 0.835 bits per heavy atom. The van der Waals surface area contributed by atoms with Crippen molar-refractivity contribution in [3.05, 3.63) is 0 Å². The molecule has 85 heavy (non-hydrogen) atoms. The molecule has 8 atom stereocenters. The maximum atomic E-state index is 13.0. The SMILES string of the molecule is CCC(C)CCCCCCCCCCC(=O)OC[C@H](COP(=O)(O)OCC(O)COP(=O)(O)OC[C@@H](COC(=O)CCCCCCCCCCC(C)C)OC(=O)CCCCCCCCCCC(C)CC)OC(=O)CCCCCCCCC(C)CC. The van der Waals surface area contributed by atoms with E-state index in [0.29, 0.717) is 25.7 Å². The van der Waals surface area contributed by atoms with Gasteiger partial charge in [-0.1, -0.05) is 267 Å². The van der Waals surface area contributed by atoms with Gasteiger partial charge in [-0.15, -0.1) is 0 Å². The summed E-state index contributed by atoms with van der Waals surface area (Å²) in [6.45, 7) is 14.0. The van der Waals surface area contributed by atoms with E-state index in [9.17, 15) is 43.2 Å². The summed E-state index contributed by atoms with van der Waals surface area (Å²) in [5, 5.41) is 10.6. The number of esters is 4. The summed E-state index contributed by atoms with van der Waals surface area (Å²) in [6.07, 6.45) is 36.1. The molecular weight excluding hydrogens is 1130 g/mol. The fourth-order valence-corrected chi connectivity index (χ4v) is 11.3. The van der Waals surface area contributed by atoms with Crippen molar-refractivity contribution >= 4 is 39.5 Å². The Morgan fingerprint density at radius 1 is 0.329 bits per heavy atom. The minimum absolute atomic E-state index is 0.102. The first-order chi connectivity index (χ1) is 40.7. The van der Waals surface area contributed by atoms with Crippen molar-refractivity contribution in [2.24, 2.45) is 23.7 Å². The second-order valence-corrected chi connectivity index (χ2v) is 28.0. The molecule has 0 aromatic rings. The lowest BCUT2D eigenvalue weighted by atomic mass is 9.99. The van der Waals surface area contributed by atoms with Crippen molar-refractivity contribution in [3.8, 4) is 0 Å². The Morgan fingerprint density at radius 2 is 0.565 bits per heavy atom. The fraction of sp³-hybridized carbons (Fsp3) is 0.939. The molecule has 0 radical (unpaired) electrons. The Bertz CT molecular complexity index is 1700. The van der Waals surface area contributed by atoms with Gasteiger partial charge in [0.2, 0.25) is 0 Å². The first-order valence-corrected chi connectivity index (χ1v) is 37.3. The minimum Gasteiger partial charge on any atom is -0.462 e. The zero-order valence-electron chi connectivity index (χ0n) is 55.2. The molecule has 0 rings (SSSR count). The third-order valence-corrected chi connectivity index (χ3v) is 18.1. The van der Waals surface area contributed by atoms with Crippen LogP contribution in [0.25, 0.3) is 0 Å². The fourth-order valence-electron chi connectivity index (χ4n) is 9.69. The number of phosphoric ester groups is 2. The number of rotatable bonds is 63. The van der Waals surface area contributed by atoms with Gasteiger partial charge < -0.3 is 33.8 Å². The van der Waals surface area contributed by atoms with Crippen LogP contribution in [0.3, 0.4) is 0 Å². The average molecular weight is 1260 g/mol. The lowest BCUT2D eigenvalue weighted by Crippen LogP contribution is -2.30. The molecule has 0 spiro atoms. The maximum absolute atomic E-state index is 13.0. The highest BCUT2D eigenvalue weighted by Crippen LogP contribution is 2.45. The number of carbonyl (C=O) groups is 4. The van der Waals surface area contributed by atoms with Crippen molar-refractivity contribution < 1.29 is 80.2 Å². The van der Waals surface area contributed by atoms with E-state index in [2.05, 4.69) is 55.4 Å². The number of phosphoric acid groups is 2. The van der Waals surface area contributed by atoms with Gasteiger partial charge in [-0.05, 0) is 49.4 Å². The number of carbonyl (C=O) groups excluding carboxylic acids is 4. The topological polar surface area (TPSA) is 237 Å². The molecule has 3 N–H and O–H groups in total. The number of unbranched alkanes of at least 4 members (excludes halogenated alkanes) is 26. The van der Waals surface area contributed by atoms with Crippen molar-refractivity contribution in [1.29, 1.82) is 0 Å². The third kappa shape index (κ3) is 57.0. The molecule has 0 aliphatic rings. The highest BCUT2D eigenvalue weighted by atomic mass is 31.2. The molecule has 0 heterocycles. The lowest BCUT2D eigenvalue weighted by Gasteiger charge is -2.21. The van der Waals surface area contributed by atoms with Crippen LogP contribution in [0.5, 0.6) is 0 Å². The molecule has 17 nitrogen and oxygen atoms in total. The van der Waals surface area contributed by atoms with E-state index in [1.165, 1.54) is 122 Å². The number of hydrogen-bond donors (Lipinski definition) is 3. The Balaban J connectivity index is 5.27. The second-order valence-electron chi connectivity index (χ2n) is 25.1. The number of ether oxygens (including phenoxy) is 4. The summed E-state index contributed by atoms with van der Waals surface area (Å²) in [4.78, 5) is 72.3. The van der Waals surface area contributed by atoms with E-state index in [4.69, 9.17) is 37.0 Å². The highest BCUT2D eigenvalue weighted by molar-refractivity contribution is 7.47. The summed E-state index contributed by atoms with van der Waals surface area (Å²) in [6, 6.07) is 0. The van der Waals surface area contributed by atoms with E-state index < -0.39 is 97.5 Å². The van der Waals surface area contributed by atoms with Gasteiger partial charge in [0.25, 0.3) is 0 Å². The van der Waals surface area contributed by atoms with Crippen LogP contribution in [0, 0.1) is 23.7 Å². The van der Waals surface area contributed by atoms with E-state index in [-0.39, 0.29) is 25.7 Å². The van der Waals surface area contributed by atoms with Gasteiger partial charge in [-0.3, -0.25) is 37.3 Å². The van der Waals surface area contributed by atoms with Crippen LogP contribution in [0.1, 0.15) is 319 Å². The summed E-state index contributed by atoms with van der Waals surface area (Å²) in [5.41, 5.74) is 0. The van der Waals surface area contributed by atoms with Gasteiger partial charge in [0.15, 0.2) is 12.2 Å². The molecule has 0 aliphatic carbocycles. The summed E-state index contributed by atoms with van der Waals surface area (Å²) >= 11 is 0. The number of aliphatic hydroxyl groups excluding tert-OH is 1. The molecule has 0 saturated carbocycles. The Hall–Kier alpha value is -1.94. The van der Waals surface area contributed by atoms with Crippen molar-refractivity contribution in [2.45, 2.75) is 337 Å². The zero-order chi connectivity index (χ0) is 63.2. The van der Waals surface area contributed by atoms with Crippen LogP contribution in [-0.2, 0) is 65.4 Å². The summed E-state index contributed by atoms with van der Waals surface area (Å²) in [7, 11) is -9.90. The predicted octanol–water partition coefficient (Wildman–Crippen LogP) is 18.1. The molecule has 0 saturated heterocycles. The Labute approximate surface area is 517 Å². The van der Waals surface area contributed by atoms with Crippen LogP contribution in [0.15, 0.2) is 0 Å². The van der Waals surface area contributed by atoms with Gasteiger partial charge in [0.1, 0.15) is 19.3 Å². The maximum Gasteiger partial charge on any atom is 0.472 e. The van der Waals surface area contributed by atoms with Gasteiger partial charge in [-0.25, -0.2) is 9.13 Å². The molecule has 0 aliphatic heterocycles. The van der Waals surface area contributed by atoms with Gasteiger partial charge in [0.05, 0.1) is 26.4 Å². The lowest BCUT2D eigenvalue weighted by molar-refractivity contribution is -0.161. The van der Waals surface area contributed by atoms with Crippen molar-refractivity contribution in [1.82, 2.24) is 0 Å². The molecule has 6 unspecified atom stereocenters. The van der Waals surface area contributed by atoms with Crippen LogP contribution in [0.2, 0.25) is 0 Å². The van der Waals surface area contributed by atoms with Gasteiger partial charge in [0, 0.05) is 25.7 Å². The van der Waals surface area contributed by atoms with Crippen molar-refractivity contribution in [2.75, 3.05) is 39.6 Å². The molecule has 19 heteroatoms. The highest BCUT2D eigenvalue weighted by Gasteiger charge is 2.30. The van der Waals surface area contributed by atoms with E-state index in [1.807, 2.05) is 0 Å². The molecule has 504 valence electrons. The van der Waals surface area contributed by atoms with E-state index in [1.54, 1.807) is 0 Å². The van der Waals surface area contributed by atoms with E-state index >= 15 is 0 Å². The zero-order valence-corrected chi connectivity index (χ0v) is 57.0. The minimum atomic E-state index is -4.95. The quantitative estimate of drug-likeness (QED) is 0.0222.